The minimum Gasteiger partial charge on any atom is -0.494 e. The first kappa shape index (κ1) is 11.8. The highest BCUT2D eigenvalue weighted by Gasteiger charge is 2.33. The Bertz CT molecular complexity index is 456. The van der Waals surface area contributed by atoms with E-state index in [4.69, 9.17) is 4.74 Å². The number of carbonyl (C=O) groups is 1. The minimum atomic E-state index is 0.669. The molecule has 2 nitrogen and oxygen atoms in total. The van der Waals surface area contributed by atoms with Gasteiger partial charge in [0.15, 0.2) is 0 Å². The van der Waals surface area contributed by atoms with Crippen LogP contribution in [0.1, 0.15) is 72.3 Å². The zero-order valence-electron chi connectivity index (χ0n) is 10.9. The van der Waals surface area contributed by atoms with Crippen molar-refractivity contribution in [3.05, 3.63) is 28.8 Å². The smallest absolute Gasteiger partial charge is 0.150 e. The summed E-state index contributed by atoms with van der Waals surface area (Å²) >= 11 is 0. The average molecular weight is 244 g/mol. The maximum atomic E-state index is 11.1. The van der Waals surface area contributed by atoms with Gasteiger partial charge >= 0.3 is 0 Å². The second-order valence-electron chi connectivity index (χ2n) is 5.47. The molecule has 2 aliphatic rings. The van der Waals surface area contributed by atoms with Crippen molar-refractivity contribution < 1.29 is 9.53 Å². The second kappa shape index (κ2) is 4.75. The normalized spacial score (nSPS) is 19.4. The Morgan fingerprint density at radius 1 is 1.22 bits per heavy atom. The second-order valence-corrected chi connectivity index (χ2v) is 5.47. The molecule has 0 saturated heterocycles. The Kier molecular flexibility index (Phi) is 3.11. The average Bonchev–Trinajstić information content (AvgIpc) is 3.13. The third kappa shape index (κ3) is 2.05. The Hall–Kier alpha value is -1.31. The van der Waals surface area contributed by atoms with E-state index in [1.165, 1.54) is 43.2 Å². The molecular weight excluding hydrogens is 224 g/mol. The van der Waals surface area contributed by atoms with Gasteiger partial charge in [-0.2, -0.15) is 0 Å². The van der Waals surface area contributed by atoms with Crippen LogP contribution in [-0.4, -0.2) is 12.9 Å². The van der Waals surface area contributed by atoms with Crippen LogP contribution in [0.3, 0.4) is 0 Å². The van der Waals surface area contributed by atoms with E-state index >= 15 is 0 Å². The molecule has 0 aliphatic heterocycles. The van der Waals surface area contributed by atoms with Gasteiger partial charge in [0.05, 0.1) is 6.61 Å². The van der Waals surface area contributed by atoms with Crippen molar-refractivity contribution in [1.29, 1.82) is 0 Å². The van der Waals surface area contributed by atoms with E-state index in [1.807, 2.05) is 13.0 Å². The highest BCUT2D eigenvalue weighted by atomic mass is 16.5. The Labute approximate surface area is 108 Å². The third-order valence-corrected chi connectivity index (χ3v) is 4.16. The molecule has 1 aromatic carbocycles. The topological polar surface area (TPSA) is 26.3 Å². The van der Waals surface area contributed by atoms with Crippen molar-refractivity contribution in [2.24, 2.45) is 0 Å². The van der Waals surface area contributed by atoms with E-state index in [0.717, 1.165) is 17.6 Å². The van der Waals surface area contributed by atoms with Crippen LogP contribution in [0, 0.1) is 0 Å². The van der Waals surface area contributed by atoms with Gasteiger partial charge < -0.3 is 4.74 Å². The molecule has 0 N–H and O–H groups in total. The summed E-state index contributed by atoms with van der Waals surface area (Å²) in [7, 11) is 0. The van der Waals surface area contributed by atoms with Crippen molar-refractivity contribution in [2.45, 2.75) is 50.9 Å². The van der Waals surface area contributed by atoms with E-state index in [0.29, 0.717) is 18.4 Å². The number of hydrogen-bond acceptors (Lipinski definition) is 2. The van der Waals surface area contributed by atoms with Crippen molar-refractivity contribution in [1.82, 2.24) is 0 Å². The van der Waals surface area contributed by atoms with Crippen molar-refractivity contribution in [3.8, 4) is 5.75 Å². The van der Waals surface area contributed by atoms with Crippen LogP contribution in [0.15, 0.2) is 12.1 Å². The van der Waals surface area contributed by atoms with Gasteiger partial charge in [-0.1, -0.05) is 6.42 Å². The highest BCUT2D eigenvalue weighted by Crippen LogP contribution is 2.50. The van der Waals surface area contributed by atoms with Crippen LogP contribution in [-0.2, 0) is 0 Å². The first-order valence-corrected chi connectivity index (χ1v) is 7.09. The van der Waals surface area contributed by atoms with Gasteiger partial charge in [0, 0.05) is 11.1 Å². The van der Waals surface area contributed by atoms with Gasteiger partial charge in [-0.05, 0) is 62.1 Å². The van der Waals surface area contributed by atoms with Crippen LogP contribution in [0.4, 0.5) is 0 Å². The molecule has 96 valence electrons. The van der Waals surface area contributed by atoms with E-state index in [1.54, 1.807) is 0 Å². The number of carbonyl (C=O) groups excluding carboxylic acids is 1. The first-order chi connectivity index (χ1) is 8.83. The van der Waals surface area contributed by atoms with Crippen LogP contribution < -0.4 is 4.74 Å². The van der Waals surface area contributed by atoms with Gasteiger partial charge in [0.25, 0.3) is 0 Å². The molecular formula is C16H20O2. The highest BCUT2D eigenvalue weighted by molar-refractivity contribution is 5.77. The van der Waals surface area contributed by atoms with E-state index in [-0.39, 0.29) is 0 Å². The molecule has 18 heavy (non-hydrogen) atoms. The fourth-order valence-corrected chi connectivity index (χ4v) is 2.88. The summed E-state index contributed by atoms with van der Waals surface area (Å²) < 4.78 is 5.80. The molecule has 2 fully saturated rings. The summed E-state index contributed by atoms with van der Waals surface area (Å²) in [6, 6.07) is 4.02. The SMILES string of the molecule is CCOc1cc(C=O)cc(C2CC2)c1C1CCC1. The predicted molar refractivity (Wildman–Crippen MR) is 71.6 cm³/mol. The zero-order valence-corrected chi connectivity index (χ0v) is 10.9. The fourth-order valence-electron chi connectivity index (χ4n) is 2.88. The van der Waals surface area contributed by atoms with Gasteiger partial charge in [-0.3, -0.25) is 4.79 Å². The van der Waals surface area contributed by atoms with Crippen molar-refractivity contribution >= 4 is 6.29 Å². The van der Waals surface area contributed by atoms with Gasteiger partial charge in [-0.25, -0.2) is 0 Å². The zero-order chi connectivity index (χ0) is 12.5. The van der Waals surface area contributed by atoms with Crippen molar-refractivity contribution in [2.75, 3.05) is 6.61 Å². The Morgan fingerprint density at radius 3 is 2.50 bits per heavy atom. The third-order valence-electron chi connectivity index (χ3n) is 4.16. The number of rotatable bonds is 5. The van der Waals surface area contributed by atoms with Gasteiger partial charge in [-0.15, -0.1) is 0 Å². The molecule has 3 rings (SSSR count). The summed E-state index contributed by atoms with van der Waals surface area (Å²) in [5.41, 5.74) is 3.58. The Morgan fingerprint density at radius 2 is 2.00 bits per heavy atom. The van der Waals surface area contributed by atoms with E-state index in [2.05, 4.69) is 6.07 Å². The summed E-state index contributed by atoms with van der Waals surface area (Å²) in [6.45, 7) is 2.68. The van der Waals surface area contributed by atoms with Crippen LogP contribution in [0.2, 0.25) is 0 Å². The molecule has 0 aromatic heterocycles. The first-order valence-electron chi connectivity index (χ1n) is 7.09. The Balaban J connectivity index is 2.07. The summed E-state index contributed by atoms with van der Waals surface area (Å²) in [4.78, 5) is 11.1. The molecule has 2 saturated carbocycles. The molecule has 0 amide bonds. The lowest BCUT2D eigenvalue weighted by molar-refractivity contribution is 0.112. The lowest BCUT2D eigenvalue weighted by Crippen LogP contribution is -2.13. The molecule has 0 radical (unpaired) electrons. The molecule has 0 unspecified atom stereocenters. The quantitative estimate of drug-likeness (QED) is 0.731. The van der Waals surface area contributed by atoms with Gasteiger partial charge in [0.2, 0.25) is 0 Å². The number of benzene rings is 1. The predicted octanol–water partition coefficient (Wildman–Crippen LogP) is 4.04. The minimum absolute atomic E-state index is 0.669. The van der Waals surface area contributed by atoms with Crippen LogP contribution in [0.5, 0.6) is 5.75 Å². The summed E-state index contributed by atoms with van der Waals surface area (Å²) in [6.07, 6.45) is 7.37. The monoisotopic (exact) mass is 244 g/mol. The maximum absolute atomic E-state index is 11.1. The fraction of sp³-hybridized carbons (Fsp3) is 0.562. The summed E-state index contributed by atoms with van der Waals surface area (Å²) in [5.74, 6) is 2.32. The molecule has 0 heterocycles. The molecule has 2 aliphatic carbocycles. The number of aldehydes is 1. The molecule has 0 bridgehead atoms. The molecule has 0 atom stereocenters. The standard InChI is InChI=1S/C16H20O2/c1-2-18-15-9-11(10-17)8-14(12-6-7-12)16(15)13-4-3-5-13/h8-10,12-13H,2-7H2,1H3. The maximum Gasteiger partial charge on any atom is 0.150 e. The molecule has 1 aromatic rings. The molecule has 0 spiro atoms. The van der Waals surface area contributed by atoms with Crippen LogP contribution in [0.25, 0.3) is 0 Å². The molecule has 2 heteroatoms. The van der Waals surface area contributed by atoms with E-state index < -0.39 is 0 Å². The lowest BCUT2D eigenvalue weighted by atomic mass is 9.76. The lowest BCUT2D eigenvalue weighted by Gasteiger charge is -2.30. The number of ether oxygens (including phenoxy) is 1. The van der Waals surface area contributed by atoms with Crippen LogP contribution >= 0.6 is 0 Å². The largest absolute Gasteiger partial charge is 0.494 e. The number of hydrogen-bond donors (Lipinski definition) is 0. The van der Waals surface area contributed by atoms with Gasteiger partial charge in [0.1, 0.15) is 12.0 Å². The van der Waals surface area contributed by atoms with Crippen molar-refractivity contribution in [3.63, 3.8) is 0 Å². The van der Waals surface area contributed by atoms with E-state index in [9.17, 15) is 4.79 Å². The summed E-state index contributed by atoms with van der Waals surface area (Å²) in [5, 5.41) is 0.